The summed E-state index contributed by atoms with van der Waals surface area (Å²) in [5.74, 6) is 0.873. The third kappa shape index (κ3) is 5.86. The first kappa shape index (κ1) is 14.8. The molecule has 18 heavy (non-hydrogen) atoms. The van der Waals surface area contributed by atoms with Crippen molar-refractivity contribution in [3.05, 3.63) is 12.1 Å². The van der Waals surface area contributed by atoms with E-state index in [1.54, 1.807) is 17.9 Å². The van der Waals surface area contributed by atoms with Crippen LogP contribution in [0.2, 0.25) is 0 Å². The molecule has 1 rings (SSSR count). The molecule has 0 spiro atoms. The van der Waals surface area contributed by atoms with Crippen molar-refractivity contribution in [1.82, 2.24) is 4.90 Å². The monoisotopic (exact) mass is 253 g/mol. The van der Waals surface area contributed by atoms with Crippen LogP contribution < -0.4 is 0 Å². The number of unbranched alkanes of at least 4 members (excludes halogenated alkanes) is 3. The quantitative estimate of drug-likeness (QED) is 0.544. The van der Waals surface area contributed by atoms with E-state index in [0.29, 0.717) is 0 Å². The zero-order valence-corrected chi connectivity index (χ0v) is 11.1. The number of rotatable bonds is 5. The highest BCUT2D eigenvalue weighted by Gasteiger charge is 2.28. The lowest BCUT2D eigenvalue weighted by molar-refractivity contribution is -0.145. The van der Waals surface area contributed by atoms with Crippen molar-refractivity contribution in [2.45, 2.75) is 32.6 Å². The first-order valence-electron chi connectivity index (χ1n) is 6.36. The topological polar surface area (TPSA) is 55.8 Å². The van der Waals surface area contributed by atoms with Crippen molar-refractivity contribution in [2.75, 3.05) is 20.1 Å². The molecule has 1 fully saturated rings. The molecule has 100 valence electrons. The molecule has 0 aliphatic carbocycles. The van der Waals surface area contributed by atoms with E-state index in [-0.39, 0.29) is 25.0 Å². The summed E-state index contributed by atoms with van der Waals surface area (Å²) in [7, 11) is 0.795. The summed E-state index contributed by atoms with van der Waals surface area (Å²) in [6.45, 7) is 2.35. The molecule has 0 aromatic carbocycles. The van der Waals surface area contributed by atoms with Gasteiger partial charge in [-0.15, -0.1) is 0 Å². The second-order valence-corrected chi connectivity index (χ2v) is 4.44. The highest BCUT2D eigenvalue weighted by molar-refractivity contribution is 6.54. The van der Waals surface area contributed by atoms with Crippen molar-refractivity contribution in [3.8, 4) is 0 Å². The minimum atomic E-state index is -0.875. The van der Waals surface area contributed by atoms with Gasteiger partial charge in [-0.05, 0) is 25.9 Å². The van der Waals surface area contributed by atoms with Gasteiger partial charge in [-0.2, -0.15) is 0 Å². The van der Waals surface area contributed by atoms with Crippen molar-refractivity contribution in [1.29, 1.82) is 0 Å². The Balaban J connectivity index is 2.42. The zero-order valence-electron chi connectivity index (χ0n) is 11.1. The Morgan fingerprint density at radius 1 is 1.22 bits per heavy atom. The van der Waals surface area contributed by atoms with Crippen LogP contribution in [0, 0.1) is 0 Å². The van der Waals surface area contributed by atoms with Gasteiger partial charge in [0.1, 0.15) is 0 Å². The van der Waals surface area contributed by atoms with E-state index >= 15 is 0 Å². The summed E-state index contributed by atoms with van der Waals surface area (Å²) in [4.78, 5) is 24.4. The predicted octanol–water partition coefficient (Wildman–Crippen LogP) is 1.18. The van der Waals surface area contributed by atoms with Gasteiger partial charge < -0.3 is 9.31 Å². The summed E-state index contributed by atoms with van der Waals surface area (Å²) in [6.07, 6.45) is 6.21. The predicted molar refractivity (Wildman–Crippen MR) is 68.7 cm³/mol. The maximum Gasteiger partial charge on any atom is 0.628 e. The molecule has 0 N–H and O–H groups in total. The van der Waals surface area contributed by atoms with Gasteiger partial charge in [-0.3, -0.25) is 14.5 Å². The second-order valence-electron chi connectivity index (χ2n) is 4.44. The third-order valence-corrected chi connectivity index (χ3v) is 2.56. The fourth-order valence-corrected chi connectivity index (χ4v) is 1.65. The molecule has 0 radical (unpaired) electrons. The molecule has 0 bridgehead atoms. The number of carbonyl (C=O) groups is 2. The van der Waals surface area contributed by atoms with Crippen LogP contribution in [0.5, 0.6) is 0 Å². The minimum absolute atomic E-state index is 0.106. The van der Waals surface area contributed by atoms with Gasteiger partial charge in [0.25, 0.3) is 0 Å². The average molecular weight is 253 g/mol. The van der Waals surface area contributed by atoms with E-state index in [1.165, 1.54) is 6.42 Å². The van der Waals surface area contributed by atoms with Gasteiger partial charge in [0.05, 0.1) is 13.1 Å². The molecule has 5 nitrogen and oxygen atoms in total. The van der Waals surface area contributed by atoms with Crippen LogP contribution >= 0.6 is 0 Å². The van der Waals surface area contributed by atoms with Gasteiger partial charge in [0.2, 0.25) is 0 Å². The summed E-state index contributed by atoms with van der Waals surface area (Å²) in [5, 5.41) is 0. The average Bonchev–Trinajstić information content (AvgIpc) is 2.26. The standard InChI is InChI=1S/C12H20BNO4/c1-3-4-5-6-7-8-13-17-11(15)9-14(2)10-12(16)18-13/h7-8H,3-6,9-10H2,1-2H3/b8-7+. The van der Waals surface area contributed by atoms with Crippen LogP contribution in [0.3, 0.4) is 0 Å². The maximum atomic E-state index is 11.4. The molecule has 1 saturated heterocycles. The molecule has 0 atom stereocenters. The van der Waals surface area contributed by atoms with E-state index in [2.05, 4.69) is 6.92 Å². The van der Waals surface area contributed by atoms with Gasteiger partial charge in [0.15, 0.2) is 0 Å². The van der Waals surface area contributed by atoms with Crippen LogP contribution in [0.1, 0.15) is 32.6 Å². The highest BCUT2D eigenvalue weighted by atomic mass is 16.6. The fourth-order valence-electron chi connectivity index (χ4n) is 1.65. The van der Waals surface area contributed by atoms with E-state index in [1.807, 2.05) is 6.08 Å². The first-order valence-corrected chi connectivity index (χ1v) is 6.36. The molecule has 0 saturated carbocycles. The molecular formula is C12H20BNO4. The highest BCUT2D eigenvalue weighted by Crippen LogP contribution is 2.04. The van der Waals surface area contributed by atoms with Gasteiger partial charge in [0, 0.05) is 0 Å². The van der Waals surface area contributed by atoms with Gasteiger partial charge in [-0.1, -0.05) is 25.8 Å². The summed E-state index contributed by atoms with van der Waals surface area (Å²) >= 11 is 0. The Morgan fingerprint density at radius 3 is 2.39 bits per heavy atom. The lowest BCUT2D eigenvalue weighted by Gasteiger charge is -2.21. The normalized spacial score (nSPS) is 18.4. The van der Waals surface area contributed by atoms with E-state index < -0.39 is 7.12 Å². The third-order valence-electron chi connectivity index (χ3n) is 2.56. The molecule has 0 amide bonds. The van der Waals surface area contributed by atoms with Crippen LogP contribution in [-0.4, -0.2) is 44.1 Å². The Kier molecular flexibility index (Phi) is 6.50. The molecule has 0 unspecified atom stereocenters. The number of likely N-dealkylation sites (N-methyl/N-ethyl adjacent to an activating group) is 1. The molecule has 0 aromatic heterocycles. The van der Waals surface area contributed by atoms with Gasteiger partial charge >= 0.3 is 19.1 Å². The first-order chi connectivity index (χ1) is 8.61. The smallest absolute Gasteiger partial charge is 0.495 e. The fraction of sp³-hybridized carbons (Fsp3) is 0.667. The molecular weight excluding hydrogens is 233 g/mol. The van der Waals surface area contributed by atoms with Gasteiger partial charge in [-0.25, -0.2) is 0 Å². The number of nitrogens with zero attached hydrogens (tertiary/aromatic N) is 1. The molecule has 6 heteroatoms. The SMILES string of the molecule is CCCCC/C=C/B1OC(=O)CN(C)CC(=O)O1. The van der Waals surface area contributed by atoms with Crippen molar-refractivity contribution in [3.63, 3.8) is 0 Å². The lowest BCUT2D eigenvalue weighted by Crippen LogP contribution is -2.41. The van der Waals surface area contributed by atoms with Crippen molar-refractivity contribution in [2.24, 2.45) is 0 Å². The molecule has 0 aromatic rings. The van der Waals surface area contributed by atoms with Crippen LogP contribution in [0.25, 0.3) is 0 Å². The van der Waals surface area contributed by atoms with E-state index in [0.717, 1.165) is 19.3 Å². The summed E-state index contributed by atoms with van der Waals surface area (Å²) in [6, 6.07) is 0. The minimum Gasteiger partial charge on any atom is -0.495 e. The van der Waals surface area contributed by atoms with Crippen molar-refractivity contribution >= 4 is 19.1 Å². The Morgan fingerprint density at radius 2 is 1.83 bits per heavy atom. The molecule has 1 heterocycles. The Labute approximate surface area is 108 Å². The van der Waals surface area contributed by atoms with Crippen LogP contribution in [-0.2, 0) is 18.9 Å². The number of carbonyl (C=O) groups excluding carboxylic acids is 2. The number of allylic oxidation sites excluding steroid dienone is 1. The number of hydrogen-bond donors (Lipinski definition) is 0. The van der Waals surface area contributed by atoms with Crippen molar-refractivity contribution < 1.29 is 18.9 Å². The van der Waals surface area contributed by atoms with E-state index in [4.69, 9.17) is 9.31 Å². The second kappa shape index (κ2) is 7.92. The van der Waals surface area contributed by atoms with E-state index in [9.17, 15) is 9.59 Å². The van der Waals surface area contributed by atoms with Crippen LogP contribution in [0.4, 0.5) is 0 Å². The van der Waals surface area contributed by atoms with Crippen LogP contribution in [0.15, 0.2) is 12.1 Å². The summed E-state index contributed by atoms with van der Waals surface area (Å²) < 4.78 is 10.1. The molecule has 1 aliphatic heterocycles. The number of hydrogen-bond acceptors (Lipinski definition) is 5. The lowest BCUT2D eigenvalue weighted by atomic mass is 9.88. The summed E-state index contributed by atoms with van der Waals surface area (Å²) in [5.41, 5.74) is 0. The Hall–Kier alpha value is -1.30. The largest absolute Gasteiger partial charge is 0.628 e. The maximum absolute atomic E-state index is 11.4. The zero-order chi connectivity index (χ0) is 13.4. The molecule has 1 aliphatic rings. The Bertz CT molecular complexity index is 299.